The predicted octanol–water partition coefficient (Wildman–Crippen LogP) is 3.53. The minimum Gasteiger partial charge on any atom is -0.370 e. The van der Waals surface area contributed by atoms with E-state index in [9.17, 15) is 0 Å². The van der Waals surface area contributed by atoms with Crippen LogP contribution in [0, 0.1) is 11.8 Å². The van der Waals surface area contributed by atoms with Gasteiger partial charge in [-0.1, -0.05) is 13.0 Å². The van der Waals surface area contributed by atoms with E-state index in [1.54, 1.807) is 0 Å². The van der Waals surface area contributed by atoms with Crippen LogP contribution < -0.4 is 5.32 Å². The highest BCUT2D eigenvalue weighted by Crippen LogP contribution is 2.34. The number of nitrogens with zero attached hydrogens (tertiary/aromatic N) is 2. The van der Waals surface area contributed by atoms with Crippen molar-refractivity contribution < 1.29 is 0 Å². The largest absolute Gasteiger partial charge is 0.370 e. The summed E-state index contributed by atoms with van der Waals surface area (Å²) in [5.74, 6) is 2.97. The number of rotatable bonds is 9. The molecular formula is C17H27N3. The van der Waals surface area contributed by atoms with Gasteiger partial charge in [0.05, 0.1) is 5.69 Å². The molecule has 0 bridgehead atoms. The van der Waals surface area contributed by atoms with Gasteiger partial charge in [0.25, 0.3) is 0 Å². The van der Waals surface area contributed by atoms with Crippen LogP contribution in [-0.2, 0) is 6.54 Å². The number of nitrogens with one attached hydrogen (secondary N) is 1. The monoisotopic (exact) mass is 273 g/mol. The molecule has 2 fully saturated rings. The van der Waals surface area contributed by atoms with E-state index < -0.39 is 0 Å². The highest BCUT2D eigenvalue weighted by Gasteiger charge is 2.29. The van der Waals surface area contributed by atoms with Gasteiger partial charge in [-0.15, -0.1) is 0 Å². The molecule has 1 aromatic heterocycles. The second-order valence-electron chi connectivity index (χ2n) is 6.52. The predicted molar refractivity (Wildman–Crippen MR) is 83.7 cm³/mol. The molecule has 3 nitrogen and oxygen atoms in total. The normalized spacial score (nSPS) is 18.5. The van der Waals surface area contributed by atoms with E-state index in [-0.39, 0.29) is 0 Å². The lowest BCUT2D eigenvalue weighted by Crippen LogP contribution is -2.28. The van der Waals surface area contributed by atoms with E-state index in [2.05, 4.69) is 35.3 Å². The quantitative estimate of drug-likeness (QED) is 0.746. The van der Waals surface area contributed by atoms with Crippen LogP contribution >= 0.6 is 0 Å². The fourth-order valence-electron chi connectivity index (χ4n) is 2.68. The lowest BCUT2D eigenvalue weighted by atomic mass is 10.2. The van der Waals surface area contributed by atoms with Crippen LogP contribution in [0.4, 0.5) is 5.82 Å². The maximum absolute atomic E-state index is 4.75. The summed E-state index contributed by atoms with van der Waals surface area (Å²) in [6.07, 6.45) is 6.89. The summed E-state index contributed by atoms with van der Waals surface area (Å²) in [7, 11) is 0. The van der Waals surface area contributed by atoms with Gasteiger partial charge in [0, 0.05) is 26.2 Å². The van der Waals surface area contributed by atoms with Crippen molar-refractivity contribution in [3.8, 4) is 0 Å². The van der Waals surface area contributed by atoms with E-state index in [1.165, 1.54) is 44.5 Å². The third-order valence-electron chi connectivity index (χ3n) is 4.18. The molecular weight excluding hydrogens is 246 g/mol. The summed E-state index contributed by atoms with van der Waals surface area (Å²) < 4.78 is 0. The number of hydrogen-bond donors (Lipinski definition) is 1. The molecule has 0 radical (unpaired) electrons. The zero-order valence-electron chi connectivity index (χ0n) is 12.6. The van der Waals surface area contributed by atoms with Crippen molar-refractivity contribution in [2.45, 2.75) is 45.6 Å². The molecule has 1 aromatic rings. The second kappa shape index (κ2) is 6.57. The van der Waals surface area contributed by atoms with Crippen LogP contribution in [0.15, 0.2) is 18.2 Å². The molecule has 2 aliphatic rings. The standard InChI is InChI=1S/C17H27N3/c1-2-10-18-17-5-3-4-16(19-17)13-20(11-14-6-7-14)12-15-8-9-15/h3-5,14-15H,2,6-13H2,1H3,(H,18,19). The van der Waals surface area contributed by atoms with Crippen molar-refractivity contribution in [1.29, 1.82) is 0 Å². The molecule has 0 unspecified atom stereocenters. The molecule has 0 saturated heterocycles. The SMILES string of the molecule is CCCNc1cccc(CN(CC2CC2)CC2CC2)n1. The van der Waals surface area contributed by atoms with Crippen LogP contribution in [0.5, 0.6) is 0 Å². The number of pyridine rings is 1. The summed E-state index contributed by atoms with van der Waals surface area (Å²) >= 11 is 0. The van der Waals surface area contributed by atoms with E-state index in [0.717, 1.165) is 37.2 Å². The smallest absolute Gasteiger partial charge is 0.126 e. The highest BCUT2D eigenvalue weighted by atomic mass is 15.1. The van der Waals surface area contributed by atoms with Gasteiger partial charge in [0.2, 0.25) is 0 Å². The molecule has 2 saturated carbocycles. The Labute approximate surface area is 122 Å². The average Bonchev–Trinajstić information content (AvgIpc) is 3.33. The van der Waals surface area contributed by atoms with Crippen molar-refractivity contribution in [2.24, 2.45) is 11.8 Å². The Kier molecular flexibility index (Phi) is 4.56. The number of aromatic nitrogens is 1. The Morgan fingerprint density at radius 2 is 1.85 bits per heavy atom. The Morgan fingerprint density at radius 1 is 1.15 bits per heavy atom. The summed E-state index contributed by atoms with van der Waals surface area (Å²) in [4.78, 5) is 7.39. The highest BCUT2D eigenvalue weighted by molar-refractivity contribution is 5.35. The molecule has 0 atom stereocenters. The van der Waals surface area contributed by atoms with E-state index in [4.69, 9.17) is 4.98 Å². The van der Waals surface area contributed by atoms with Crippen molar-refractivity contribution >= 4 is 5.82 Å². The molecule has 1 N–H and O–H groups in total. The zero-order chi connectivity index (χ0) is 13.8. The fraction of sp³-hybridized carbons (Fsp3) is 0.706. The summed E-state index contributed by atoms with van der Waals surface area (Å²) in [6, 6.07) is 6.38. The third kappa shape index (κ3) is 4.48. The Morgan fingerprint density at radius 3 is 2.45 bits per heavy atom. The molecule has 3 rings (SSSR count). The van der Waals surface area contributed by atoms with Crippen molar-refractivity contribution in [3.05, 3.63) is 23.9 Å². The van der Waals surface area contributed by atoms with Crippen LogP contribution in [0.1, 0.15) is 44.7 Å². The Bertz CT molecular complexity index is 410. The lowest BCUT2D eigenvalue weighted by Gasteiger charge is -2.22. The minimum absolute atomic E-state index is 0.968. The van der Waals surface area contributed by atoms with E-state index in [0.29, 0.717) is 0 Å². The molecule has 0 spiro atoms. The molecule has 1 heterocycles. The van der Waals surface area contributed by atoms with E-state index >= 15 is 0 Å². The van der Waals surface area contributed by atoms with Crippen LogP contribution in [0.2, 0.25) is 0 Å². The van der Waals surface area contributed by atoms with Crippen LogP contribution in [-0.4, -0.2) is 29.5 Å². The van der Waals surface area contributed by atoms with Gasteiger partial charge in [0.15, 0.2) is 0 Å². The zero-order valence-corrected chi connectivity index (χ0v) is 12.6. The molecule has 2 aliphatic carbocycles. The van der Waals surface area contributed by atoms with Crippen LogP contribution in [0.25, 0.3) is 0 Å². The van der Waals surface area contributed by atoms with Gasteiger partial charge in [-0.3, -0.25) is 4.90 Å². The minimum atomic E-state index is 0.968. The van der Waals surface area contributed by atoms with Gasteiger partial charge < -0.3 is 5.32 Å². The first-order chi connectivity index (χ1) is 9.83. The first kappa shape index (κ1) is 13.9. The fourth-order valence-corrected chi connectivity index (χ4v) is 2.68. The maximum atomic E-state index is 4.75. The summed E-state index contributed by atoms with van der Waals surface area (Å²) in [6.45, 7) is 6.78. The van der Waals surface area contributed by atoms with Crippen molar-refractivity contribution in [1.82, 2.24) is 9.88 Å². The molecule has 110 valence electrons. The molecule has 0 amide bonds. The maximum Gasteiger partial charge on any atom is 0.126 e. The summed E-state index contributed by atoms with van der Waals surface area (Å²) in [5.41, 5.74) is 1.22. The topological polar surface area (TPSA) is 28.2 Å². The first-order valence-corrected chi connectivity index (χ1v) is 8.25. The molecule has 0 aromatic carbocycles. The Balaban J connectivity index is 1.57. The van der Waals surface area contributed by atoms with Gasteiger partial charge in [0.1, 0.15) is 5.82 Å². The van der Waals surface area contributed by atoms with Gasteiger partial charge >= 0.3 is 0 Å². The van der Waals surface area contributed by atoms with Gasteiger partial charge in [-0.05, 0) is 56.1 Å². The number of anilines is 1. The van der Waals surface area contributed by atoms with Crippen LogP contribution in [0.3, 0.4) is 0 Å². The number of hydrogen-bond acceptors (Lipinski definition) is 3. The molecule has 3 heteroatoms. The van der Waals surface area contributed by atoms with Gasteiger partial charge in [-0.25, -0.2) is 4.98 Å². The Hall–Kier alpha value is -1.09. The molecule has 20 heavy (non-hydrogen) atoms. The lowest BCUT2D eigenvalue weighted by molar-refractivity contribution is 0.241. The second-order valence-corrected chi connectivity index (χ2v) is 6.52. The molecule has 0 aliphatic heterocycles. The first-order valence-electron chi connectivity index (χ1n) is 8.25. The van der Waals surface area contributed by atoms with Crippen molar-refractivity contribution in [3.63, 3.8) is 0 Å². The average molecular weight is 273 g/mol. The van der Waals surface area contributed by atoms with E-state index in [1.807, 2.05) is 0 Å². The summed E-state index contributed by atoms with van der Waals surface area (Å²) in [5, 5.41) is 3.38. The van der Waals surface area contributed by atoms with Crippen molar-refractivity contribution in [2.75, 3.05) is 25.0 Å². The third-order valence-corrected chi connectivity index (χ3v) is 4.18. The van der Waals surface area contributed by atoms with Gasteiger partial charge in [-0.2, -0.15) is 0 Å².